The normalized spacial score (nSPS) is 18.0. The molecule has 0 amide bonds. The predicted molar refractivity (Wildman–Crippen MR) is 73.5 cm³/mol. The minimum absolute atomic E-state index is 0.447. The zero-order valence-electron chi connectivity index (χ0n) is 7.95. The number of aromatic nitrogens is 2. The second kappa shape index (κ2) is 3.55. The summed E-state index contributed by atoms with van der Waals surface area (Å²) < 4.78 is 15.8. The van der Waals surface area contributed by atoms with Gasteiger partial charge in [-0.1, -0.05) is 11.6 Å². The Morgan fingerprint density at radius 2 is 2.25 bits per heavy atom. The molecule has 0 aliphatic heterocycles. The van der Waals surface area contributed by atoms with Crippen molar-refractivity contribution in [3.8, 4) is 0 Å². The van der Waals surface area contributed by atoms with Crippen LogP contribution in [0.1, 0.15) is 18.4 Å². The molecule has 2 aromatic rings. The van der Waals surface area contributed by atoms with Gasteiger partial charge in [0.1, 0.15) is 9.37 Å². The third kappa shape index (κ3) is 1.51. The van der Waals surface area contributed by atoms with Crippen LogP contribution < -0.4 is 0 Å². The molecule has 0 saturated heterocycles. The van der Waals surface area contributed by atoms with Crippen molar-refractivity contribution in [2.75, 3.05) is 0 Å². The standard InChI is InChI=1S/C10H6BrClFIN2/c11-8-6-5(15-16-9(6)14)3-4(12)7(8)10(13)1-2-10/h3H,1-2H2,(H,15,16). The lowest BCUT2D eigenvalue weighted by Crippen LogP contribution is -2.00. The summed E-state index contributed by atoms with van der Waals surface area (Å²) >= 11 is 11.7. The number of alkyl halides is 1. The van der Waals surface area contributed by atoms with Gasteiger partial charge in [-0.3, -0.25) is 5.10 Å². The van der Waals surface area contributed by atoms with E-state index in [2.05, 4.69) is 48.7 Å². The number of fused-ring (bicyclic) bond motifs is 1. The summed E-state index contributed by atoms with van der Waals surface area (Å²) in [6, 6.07) is 1.72. The summed E-state index contributed by atoms with van der Waals surface area (Å²) in [6.07, 6.45) is 1.09. The van der Waals surface area contributed by atoms with Crippen LogP contribution in [0.3, 0.4) is 0 Å². The van der Waals surface area contributed by atoms with Crippen LogP contribution in [0, 0.1) is 3.70 Å². The van der Waals surface area contributed by atoms with Crippen LogP contribution in [0.5, 0.6) is 0 Å². The van der Waals surface area contributed by atoms with Gasteiger partial charge in [0, 0.05) is 15.4 Å². The number of halogens is 4. The van der Waals surface area contributed by atoms with Crippen LogP contribution in [0.4, 0.5) is 4.39 Å². The zero-order chi connectivity index (χ0) is 11.5. The number of benzene rings is 1. The highest BCUT2D eigenvalue weighted by atomic mass is 127. The minimum Gasteiger partial charge on any atom is -0.271 e. The summed E-state index contributed by atoms with van der Waals surface area (Å²) in [5.74, 6) is 0. The summed E-state index contributed by atoms with van der Waals surface area (Å²) in [6.45, 7) is 0. The van der Waals surface area contributed by atoms with Crippen LogP contribution in [-0.2, 0) is 5.67 Å². The lowest BCUT2D eigenvalue weighted by molar-refractivity contribution is 0.317. The van der Waals surface area contributed by atoms with Crippen molar-refractivity contribution in [3.63, 3.8) is 0 Å². The quantitative estimate of drug-likeness (QED) is 0.681. The Morgan fingerprint density at radius 1 is 1.56 bits per heavy atom. The molecule has 1 fully saturated rings. The molecule has 0 atom stereocenters. The lowest BCUT2D eigenvalue weighted by Gasteiger charge is -2.11. The van der Waals surface area contributed by atoms with Crippen molar-refractivity contribution in [2.24, 2.45) is 0 Å². The molecule has 0 bridgehead atoms. The van der Waals surface area contributed by atoms with E-state index in [1.54, 1.807) is 6.07 Å². The third-order valence-electron chi connectivity index (χ3n) is 2.83. The number of nitrogens with zero attached hydrogens (tertiary/aromatic N) is 1. The minimum atomic E-state index is -1.25. The molecule has 0 radical (unpaired) electrons. The van der Waals surface area contributed by atoms with Crippen LogP contribution >= 0.6 is 50.1 Å². The fraction of sp³-hybridized carbons (Fsp3) is 0.300. The van der Waals surface area contributed by atoms with E-state index in [4.69, 9.17) is 11.6 Å². The van der Waals surface area contributed by atoms with Gasteiger partial charge in [-0.15, -0.1) is 0 Å². The molecular formula is C10H6BrClFIN2. The molecule has 1 aliphatic carbocycles. The van der Waals surface area contributed by atoms with Gasteiger partial charge < -0.3 is 0 Å². The number of rotatable bonds is 1. The van der Waals surface area contributed by atoms with Crippen molar-refractivity contribution < 1.29 is 4.39 Å². The maximum atomic E-state index is 14.2. The first-order chi connectivity index (χ1) is 7.53. The SMILES string of the molecule is FC1(c2c(Cl)cc3n[nH]c(I)c3c2Br)CC1. The lowest BCUT2D eigenvalue weighted by atomic mass is 10.1. The zero-order valence-corrected chi connectivity index (χ0v) is 12.5. The first-order valence-electron chi connectivity index (χ1n) is 4.74. The Kier molecular flexibility index (Phi) is 2.49. The van der Waals surface area contributed by atoms with Gasteiger partial charge in [0.05, 0.1) is 10.5 Å². The molecule has 1 aromatic heterocycles. The van der Waals surface area contributed by atoms with Gasteiger partial charge in [-0.25, -0.2) is 4.39 Å². The van der Waals surface area contributed by atoms with E-state index in [-0.39, 0.29) is 0 Å². The Hall–Kier alpha value is 0.120. The smallest absolute Gasteiger partial charge is 0.138 e. The molecule has 0 spiro atoms. The summed E-state index contributed by atoms with van der Waals surface area (Å²) in [4.78, 5) is 0. The Balaban J connectivity index is 2.40. The Labute approximate surface area is 118 Å². The first-order valence-corrected chi connectivity index (χ1v) is 6.99. The predicted octanol–water partition coefficient (Wildman–Crippen LogP) is 4.54. The van der Waals surface area contributed by atoms with Crippen molar-refractivity contribution >= 4 is 61.0 Å². The molecule has 2 nitrogen and oxygen atoms in total. The largest absolute Gasteiger partial charge is 0.271 e. The molecule has 16 heavy (non-hydrogen) atoms. The second-order valence-electron chi connectivity index (χ2n) is 3.94. The van der Waals surface area contributed by atoms with E-state index in [0.29, 0.717) is 23.4 Å². The average molecular weight is 415 g/mol. The molecule has 3 rings (SSSR count). The van der Waals surface area contributed by atoms with E-state index >= 15 is 0 Å². The highest BCUT2D eigenvalue weighted by Gasteiger charge is 2.48. The third-order valence-corrected chi connectivity index (χ3v) is 4.70. The van der Waals surface area contributed by atoms with Crippen LogP contribution in [0.2, 0.25) is 5.02 Å². The number of hydrogen-bond donors (Lipinski definition) is 1. The molecule has 6 heteroatoms. The molecule has 1 aliphatic rings. The van der Waals surface area contributed by atoms with Crippen molar-refractivity contribution in [2.45, 2.75) is 18.5 Å². The number of nitrogens with one attached hydrogen (secondary N) is 1. The van der Waals surface area contributed by atoms with E-state index in [1.165, 1.54) is 0 Å². The van der Waals surface area contributed by atoms with Crippen LogP contribution in [-0.4, -0.2) is 10.2 Å². The fourth-order valence-electron chi connectivity index (χ4n) is 1.84. The Morgan fingerprint density at radius 3 is 2.88 bits per heavy atom. The van der Waals surface area contributed by atoms with E-state index < -0.39 is 5.67 Å². The molecule has 1 N–H and O–H groups in total. The molecular weight excluding hydrogens is 409 g/mol. The fourth-order valence-corrected chi connectivity index (χ4v) is 4.33. The molecule has 1 saturated carbocycles. The van der Waals surface area contributed by atoms with Crippen molar-refractivity contribution in [1.29, 1.82) is 0 Å². The highest BCUT2D eigenvalue weighted by molar-refractivity contribution is 14.1. The van der Waals surface area contributed by atoms with Gasteiger partial charge >= 0.3 is 0 Å². The van der Waals surface area contributed by atoms with Crippen LogP contribution in [0.25, 0.3) is 10.9 Å². The maximum absolute atomic E-state index is 14.2. The van der Waals surface area contributed by atoms with Gasteiger partial charge in [-0.2, -0.15) is 5.10 Å². The number of H-pyrrole nitrogens is 1. The Bertz CT molecular complexity index is 594. The van der Waals surface area contributed by atoms with E-state index in [1.807, 2.05) is 0 Å². The molecule has 0 unspecified atom stereocenters. The molecule has 84 valence electrons. The molecule has 1 aromatic carbocycles. The number of hydrogen-bond acceptors (Lipinski definition) is 1. The maximum Gasteiger partial charge on any atom is 0.138 e. The highest BCUT2D eigenvalue weighted by Crippen LogP contribution is 2.55. The second-order valence-corrected chi connectivity index (χ2v) is 6.22. The summed E-state index contributed by atoms with van der Waals surface area (Å²) in [5.41, 5.74) is 0.0834. The van der Waals surface area contributed by atoms with Crippen molar-refractivity contribution in [3.05, 3.63) is 24.8 Å². The van der Waals surface area contributed by atoms with Crippen LogP contribution in [0.15, 0.2) is 10.5 Å². The van der Waals surface area contributed by atoms with Gasteiger partial charge in [0.2, 0.25) is 0 Å². The van der Waals surface area contributed by atoms with Gasteiger partial charge in [0.25, 0.3) is 0 Å². The van der Waals surface area contributed by atoms with Gasteiger partial charge in [0.15, 0.2) is 0 Å². The number of aromatic amines is 1. The van der Waals surface area contributed by atoms with Crippen molar-refractivity contribution in [1.82, 2.24) is 10.2 Å². The first kappa shape index (κ1) is 11.2. The van der Waals surface area contributed by atoms with Gasteiger partial charge in [-0.05, 0) is 57.4 Å². The summed E-state index contributed by atoms with van der Waals surface area (Å²) in [5, 5.41) is 8.34. The van der Waals surface area contributed by atoms with E-state index in [9.17, 15) is 4.39 Å². The average Bonchev–Trinajstić information content (AvgIpc) is 2.81. The summed E-state index contributed by atoms with van der Waals surface area (Å²) in [7, 11) is 0. The monoisotopic (exact) mass is 414 g/mol. The molecule has 1 heterocycles. The van der Waals surface area contributed by atoms with E-state index in [0.717, 1.165) is 19.1 Å². The topological polar surface area (TPSA) is 28.7 Å².